The molecule has 0 spiro atoms. The summed E-state index contributed by atoms with van der Waals surface area (Å²) in [6.45, 7) is 4.30. The zero-order valence-corrected chi connectivity index (χ0v) is 8.94. The lowest BCUT2D eigenvalue weighted by Gasteiger charge is -2.32. The smallest absolute Gasteiger partial charge is 0.231 e. The number of hydrogen-bond donors (Lipinski definition) is 1. The van der Waals surface area contributed by atoms with Crippen molar-refractivity contribution in [1.82, 2.24) is 4.90 Å². The summed E-state index contributed by atoms with van der Waals surface area (Å²) in [5, 5.41) is 0. The molecule has 0 fully saturated rings. The van der Waals surface area contributed by atoms with Crippen molar-refractivity contribution in [3.8, 4) is 0 Å². The molecular weight excluding hydrogens is 188 g/mol. The quantitative estimate of drug-likeness (QED) is 0.784. The molecule has 80 valence electrons. The fourth-order valence-electron chi connectivity index (χ4n) is 2.29. The largest absolute Gasteiger partial charge is 0.369 e. The van der Waals surface area contributed by atoms with E-state index in [0.717, 1.165) is 13.1 Å². The lowest BCUT2D eigenvalue weighted by molar-refractivity contribution is -0.119. The van der Waals surface area contributed by atoms with Crippen molar-refractivity contribution < 1.29 is 4.79 Å². The Hall–Kier alpha value is -1.35. The lowest BCUT2D eigenvalue weighted by atomic mass is 9.91. The highest BCUT2D eigenvalue weighted by Gasteiger charge is 2.22. The van der Waals surface area contributed by atoms with Gasteiger partial charge in [0.2, 0.25) is 5.91 Å². The number of carbonyl (C=O) groups is 1. The van der Waals surface area contributed by atoms with E-state index in [1.165, 1.54) is 11.1 Å². The van der Waals surface area contributed by atoms with E-state index in [2.05, 4.69) is 30.0 Å². The molecule has 2 N–H and O–H groups in total. The first-order valence-electron chi connectivity index (χ1n) is 5.25. The van der Waals surface area contributed by atoms with Gasteiger partial charge in [-0.1, -0.05) is 31.2 Å². The molecule has 1 aliphatic rings. The number of amides is 1. The van der Waals surface area contributed by atoms with E-state index >= 15 is 0 Å². The van der Waals surface area contributed by atoms with E-state index < -0.39 is 0 Å². The van der Waals surface area contributed by atoms with Crippen LogP contribution in [-0.4, -0.2) is 23.9 Å². The second-order valence-electron chi connectivity index (χ2n) is 4.24. The van der Waals surface area contributed by atoms with Crippen LogP contribution in [0.1, 0.15) is 24.0 Å². The minimum absolute atomic E-state index is 0.249. The van der Waals surface area contributed by atoms with Crippen molar-refractivity contribution in [1.29, 1.82) is 0 Å². The summed E-state index contributed by atoms with van der Waals surface area (Å²) in [6.07, 6.45) is 0. The van der Waals surface area contributed by atoms with Gasteiger partial charge in [0, 0.05) is 13.1 Å². The summed E-state index contributed by atoms with van der Waals surface area (Å²) in [4.78, 5) is 13.0. The molecule has 0 saturated carbocycles. The average molecular weight is 204 g/mol. The topological polar surface area (TPSA) is 46.3 Å². The van der Waals surface area contributed by atoms with Gasteiger partial charge >= 0.3 is 0 Å². The molecule has 3 heteroatoms. The summed E-state index contributed by atoms with van der Waals surface area (Å²) >= 11 is 0. The summed E-state index contributed by atoms with van der Waals surface area (Å²) in [5.41, 5.74) is 7.93. The lowest BCUT2D eigenvalue weighted by Crippen LogP contribution is -2.38. The van der Waals surface area contributed by atoms with Crippen LogP contribution in [0.15, 0.2) is 24.3 Å². The molecule has 15 heavy (non-hydrogen) atoms. The molecular formula is C12H16N2O. The molecule has 3 nitrogen and oxygen atoms in total. The molecule has 1 aliphatic heterocycles. The van der Waals surface area contributed by atoms with E-state index in [9.17, 15) is 4.79 Å². The Labute approximate surface area is 89.9 Å². The molecule has 2 rings (SSSR count). The molecule has 0 radical (unpaired) electrons. The fraction of sp³-hybridized carbons (Fsp3) is 0.417. The van der Waals surface area contributed by atoms with Gasteiger partial charge in [-0.05, 0) is 17.0 Å². The molecule has 0 aliphatic carbocycles. The van der Waals surface area contributed by atoms with E-state index in [1.54, 1.807) is 0 Å². The number of rotatable bonds is 2. The minimum atomic E-state index is -0.249. The van der Waals surface area contributed by atoms with E-state index in [0.29, 0.717) is 12.5 Å². The second kappa shape index (κ2) is 4.03. The summed E-state index contributed by atoms with van der Waals surface area (Å²) < 4.78 is 0. The van der Waals surface area contributed by atoms with E-state index in [1.807, 2.05) is 6.07 Å². The first-order chi connectivity index (χ1) is 7.16. The Bertz CT molecular complexity index is 376. The molecule has 0 bridgehead atoms. The summed E-state index contributed by atoms with van der Waals surface area (Å²) in [6, 6.07) is 8.40. The number of hydrogen-bond acceptors (Lipinski definition) is 2. The molecule has 1 aromatic rings. The third kappa shape index (κ3) is 2.18. The SMILES string of the molecule is CC1CN(CC(N)=O)Cc2ccccc21. The summed E-state index contributed by atoms with van der Waals surface area (Å²) in [7, 11) is 0. The van der Waals surface area contributed by atoms with Gasteiger partial charge in [0.25, 0.3) is 0 Å². The average Bonchev–Trinajstić information content (AvgIpc) is 2.16. The van der Waals surface area contributed by atoms with E-state index in [4.69, 9.17) is 5.73 Å². The van der Waals surface area contributed by atoms with Gasteiger partial charge < -0.3 is 5.73 Å². The van der Waals surface area contributed by atoms with Crippen LogP contribution in [0.25, 0.3) is 0 Å². The Morgan fingerprint density at radius 3 is 3.00 bits per heavy atom. The molecule has 1 heterocycles. The Balaban J connectivity index is 2.19. The van der Waals surface area contributed by atoms with Crippen molar-refractivity contribution in [2.24, 2.45) is 5.73 Å². The van der Waals surface area contributed by atoms with Gasteiger partial charge in [0.1, 0.15) is 0 Å². The molecule has 1 atom stereocenters. The van der Waals surface area contributed by atoms with Crippen LogP contribution in [0.4, 0.5) is 0 Å². The molecule has 1 aromatic carbocycles. The highest BCUT2D eigenvalue weighted by atomic mass is 16.1. The fourth-order valence-corrected chi connectivity index (χ4v) is 2.29. The maximum atomic E-state index is 10.9. The predicted octanol–water partition coefficient (Wildman–Crippen LogP) is 1.09. The first kappa shape index (κ1) is 10.2. The van der Waals surface area contributed by atoms with Gasteiger partial charge in [-0.15, -0.1) is 0 Å². The predicted molar refractivity (Wildman–Crippen MR) is 59.3 cm³/mol. The highest BCUT2D eigenvalue weighted by Crippen LogP contribution is 2.27. The van der Waals surface area contributed by atoms with Crippen LogP contribution in [0.3, 0.4) is 0 Å². The zero-order chi connectivity index (χ0) is 10.8. The Morgan fingerprint density at radius 1 is 1.53 bits per heavy atom. The van der Waals surface area contributed by atoms with Crippen molar-refractivity contribution >= 4 is 5.91 Å². The highest BCUT2D eigenvalue weighted by molar-refractivity contribution is 5.76. The van der Waals surface area contributed by atoms with Crippen molar-refractivity contribution in [3.05, 3.63) is 35.4 Å². The third-order valence-corrected chi connectivity index (χ3v) is 2.89. The molecule has 1 unspecified atom stereocenters. The van der Waals surface area contributed by atoms with Gasteiger partial charge in [-0.2, -0.15) is 0 Å². The molecule has 0 aromatic heterocycles. The van der Waals surface area contributed by atoms with Crippen molar-refractivity contribution in [3.63, 3.8) is 0 Å². The van der Waals surface area contributed by atoms with Crippen LogP contribution in [0.2, 0.25) is 0 Å². The minimum Gasteiger partial charge on any atom is -0.369 e. The number of nitrogens with two attached hydrogens (primary N) is 1. The molecule has 1 amide bonds. The maximum absolute atomic E-state index is 10.9. The number of fused-ring (bicyclic) bond motifs is 1. The third-order valence-electron chi connectivity index (χ3n) is 2.89. The standard InChI is InChI=1S/C12H16N2O/c1-9-6-14(8-12(13)15)7-10-4-2-3-5-11(9)10/h2-5,9H,6-8H2,1H3,(H2,13,15). The van der Waals surface area contributed by atoms with Gasteiger partial charge in [0.15, 0.2) is 0 Å². The Morgan fingerprint density at radius 2 is 2.27 bits per heavy atom. The molecule has 0 saturated heterocycles. The summed E-state index contributed by atoms with van der Waals surface area (Å²) in [5.74, 6) is 0.232. The monoisotopic (exact) mass is 204 g/mol. The normalized spacial score (nSPS) is 21.0. The van der Waals surface area contributed by atoms with Gasteiger partial charge in [-0.25, -0.2) is 0 Å². The number of nitrogens with zero attached hydrogens (tertiary/aromatic N) is 1. The van der Waals surface area contributed by atoms with Crippen LogP contribution in [0.5, 0.6) is 0 Å². The van der Waals surface area contributed by atoms with Gasteiger partial charge in [0.05, 0.1) is 6.54 Å². The van der Waals surface area contributed by atoms with E-state index in [-0.39, 0.29) is 5.91 Å². The first-order valence-corrected chi connectivity index (χ1v) is 5.25. The van der Waals surface area contributed by atoms with Crippen LogP contribution in [0, 0.1) is 0 Å². The van der Waals surface area contributed by atoms with Crippen LogP contribution < -0.4 is 5.73 Å². The zero-order valence-electron chi connectivity index (χ0n) is 8.94. The number of primary amides is 1. The van der Waals surface area contributed by atoms with Gasteiger partial charge in [-0.3, -0.25) is 9.69 Å². The van der Waals surface area contributed by atoms with Crippen molar-refractivity contribution in [2.75, 3.05) is 13.1 Å². The Kier molecular flexibility index (Phi) is 2.73. The van der Waals surface area contributed by atoms with Crippen LogP contribution >= 0.6 is 0 Å². The van der Waals surface area contributed by atoms with Crippen molar-refractivity contribution in [2.45, 2.75) is 19.4 Å². The maximum Gasteiger partial charge on any atom is 0.231 e. The second-order valence-corrected chi connectivity index (χ2v) is 4.24. The number of benzene rings is 1. The number of carbonyl (C=O) groups excluding carboxylic acids is 1. The van der Waals surface area contributed by atoms with Crippen LogP contribution in [-0.2, 0) is 11.3 Å².